The number of likely N-dealkylation sites (tertiary alicyclic amines) is 1. The van der Waals surface area contributed by atoms with Crippen LogP contribution in [0.3, 0.4) is 0 Å². The number of aliphatic imine (C=N–C) groups is 1. The van der Waals surface area contributed by atoms with Crippen molar-refractivity contribution in [1.82, 2.24) is 15.5 Å². The van der Waals surface area contributed by atoms with Gasteiger partial charge in [0.05, 0.1) is 0 Å². The number of nitrogens with one attached hydrogen (secondary N) is 2. The highest BCUT2D eigenvalue weighted by atomic mass is 127. The quantitative estimate of drug-likeness (QED) is 0.270. The van der Waals surface area contributed by atoms with Gasteiger partial charge in [0.2, 0.25) is 0 Å². The summed E-state index contributed by atoms with van der Waals surface area (Å²) in [6, 6.07) is 0.670. The minimum Gasteiger partial charge on any atom is -0.356 e. The second kappa shape index (κ2) is 13.9. The van der Waals surface area contributed by atoms with Crippen molar-refractivity contribution < 1.29 is 0 Å². The van der Waals surface area contributed by atoms with Gasteiger partial charge in [0.15, 0.2) is 5.96 Å². The number of piperidine rings is 1. The van der Waals surface area contributed by atoms with Crippen molar-refractivity contribution in [3.05, 3.63) is 0 Å². The molecule has 0 aromatic heterocycles. The molecule has 1 fully saturated rings. The molecule has 0 amide bonds. The van der Waals surface area contributed by atoms with Gasteiger partial charge < -0.3 is 10.6 Å². The molecule has 4 nitrogen and oxygen atoms in total. The number of guanidine groups is 1. The van der Waals surface area contributed by atoms with Crippen LogP contribution < -0.4 is 10.6 Å². The number of thioether (sulfide) groups is 1. The van der Waals surface area contributed by atoms with Crippen molar-refractivity contribution in [3.63, 3.8) is 0 Å². The van der Waals surface area contributed by atoms with Crippen molar-refractivity contribution in [2.24, 2.45) is 4.99 Å². The number of hydrogen-bond donors (Lipinski definition) is 2. The normalized spacial score (nSPS) is 20.0. The summed E-state index contributed by atoms with van der Waals surface area (Å²) < 4.78 is 0. The summed E-state index contributed by atoms with van der Waals surface area (Å²) >= 11 is 1.92. The molecule has 0 aliphatic carbocycles. The Morgan fingerprint density at radius 2 is 2.10 bits per heavy atom. The lowest BCUT2D eigenvalue weighted by atomic mass is 10.0. The first-order chi connectivity index (χ1) is 9.81. The van der Waals surface area contributed by atoms with Crippen LogP contribution in [0, 0.1) is 0 Å². The van der Waals surface area contributed by atoms with Crippen molar-refractivity contribution in [1.29, 1.82) is 0 Å². The number of rotatable bonds is 8. The Morgan fingerprint density at radius 1 is 1.29 bits per heavy atom. The molecule has 1 heterocycles. The van der Waals surface area contributed by atoms with E-state index in [9.17, 15) is 0 Å². The van der Waals surface area contributed by atoms with Crippen LogP contribution in [-0.2, 0) is 0 Å². The van der Waals surface area contributed by atoms with E-state index in [4.69, 9.17) is 0 Å². The van der Waals surface area contributed by atoms with Gasteiger partial charge in [-0.05, 0) is 50.8 Å². The average Bonchev–Trinajstić information content (AvgIpc) is 2.50. The van der Waals surface area contributed by atoms with E-state index in [0.717, 1.165) is 25.6 Å². The van der Waals surface area contributed by atoms with E-state index in [0.29, 0.717) is 6.04 Å². The molecular weight excluding hydrogens is 395 g/mol. The van der Waals surface area contributed by atoms with Gasteiger partial charge in [0, 0.05) is 26.2 Å². The molecule has 1 saturated heterocycles. The predicted molar refractivity (Wildman–Crippen MR) is 107 cm³/mol. The first kappa shape index (κ1) is 21.3. The zero-order valence-electron chi connectivity index (χ0n) is 13.9. The van der Waals surface area contributed by atoms with Crippen LogP contribution in [0.4, 0.5) is 0 Å². The molecule has 126 valence electrons. The highest BCUT2D eigenvalue weighted by Gasteiger charge is 2.20. The molecule has 0 spiro atoms. The minimum absolute atomic E-state index is 0. The maximum Gasteiger partial charge on any atom is 0.191 e. The Bertz CT molecular complexity index is 276. The van der Waals surface area contributed by atoms with Crippen LogP contribution >= 0.6 is 35.7 Å². The summed E-state index contributed by atoms with van der Waals surface area (Å²) in [7, 11) is 1.86. The standard InChI is InChI=1S/C15H32N4S.HI/c1-4-19-11-7-5-9-14(19)13-18-15(16-2)17-10-6-8-12-20-3;/h14H,4-13H2,1-3H3,(H2,16,17,18);1H. The second-order valence-electron chi connectivity index (χ2n) is 5.36. The van der Waals surface area contributed by atoms with Crippen LogP contribution in [0.25, 0.3) is 0 Å². The molecule has 21 heavy (non-hydrogen) atoms. The highest BCUT2D eigenvalue weighted by Crippen LogP contribution is 2.15. The number of unbranched alkanes of at least 4 members (excludes halogenated alkanes) is 1. The Hall–Kier alpha value is 0.310. The molecule has 1 unspecified atom stereocenters. The predicted octanol–water partition coefficient (Wildman–Crippen LogP) is 2.79. The van der Waals surface area contributed by atoms with Crippen LogP contribution in [0.15, 0.2) is 4.99 Å². The summed E-state index contributed by atoms with van der Waals surface area (Å²) in [4.78, 5) is 6.90. The van der Waals surface area contributed by atoms with Crippen LogP contribution in [-0.4, -0.2) is 62.1 Å². The van der Waals surface area contributed by atoms with E-state index in [-0.39, 0.29) is 24.0 Å². The third-order valence-electron chi connectivity index (χ3n) is 3.95. The number of halogens is 1. The van der Waals surface area contributed by atoms with Crippen LogP contribution in [0.1, 0.15) is 39.0 Å². The summed E-state index contributed by atoms with van der Waals surface area (Å²) in [6.45, 7) is 6.70. The van der Waals surface area contributed by atoms with Crippen molar-refractivity contribution in [2.45, 2.75) is 45.1 Å². The maximum absolute atomic E-state index is 4.31. The Kier molecular flexibility index (Phi) is 14.1. The van der Waals surface area contributed by atoms with Gasteiger partial charge in [-0.2, -0.15) is 11.8 Å². The van der Waals surface area contributed by atoms with E-state index in [2.05, 4.69) is 33.7 Å². The molecule has 1 rings (SSSR count). The Labute approximate surface area is 152 Å². The fourth-order valence-electron chi connectivity index (χ4n) is 2.72. The third-order valence-corrected chi connectivity index (χ3v) is 4.65. The molecule has 1 aliphatic heterocycles. The zero-order valence-corrected chi connectivity index (χ0v) is 17.0. The molecule has 1 atom stereocenters. The topological polar surface area (TPSA) is 39.7 Å². The third kappa shape index (κ3) is 9.13. The van der Waals surface area contributed by atoms with E-state index >= 15 is 0 Å². The monoisotopic (exact) mass is 428 g/mol. The summed E-state index contributed by atoms with van der Waals surface area (Å²) in [6.07, 6.45) is 8.68. The molecule has 0 aromatic rings. The molecular formula is C15H33IN4S. The fourth-order valence-corrected chi connectivity index (χ4v) is 3.21. The van der Waals surface area contributed by atoms with E-state index in [1.165, 1.54) is 44.4 Å². The van der Waals surface area contributed by atoms with E-state index in [1.54, 1.807) is 0 Å². The van der Waals surface area contributed by atoms with E-state index < -0.39 is 0 Å². The van der Waals surface area contributed by atoms with Gasteiger partial charge in [0.25, 0.3) is 0 Å². The zero-order chi connectivity index (χ0) is 14.6. The fraction of sp³-hybridized carbons (Fsp3) is 0.933. The summed E-state index contributed by atoms with van der Waals surface area (Å²) in [5, 5.41) is 6.90. The lowest BCUT2D eigenvalue weighted by molar-refractivity contribution is 0.157. The molecule has 1 aliphatic rings. The second-order valence-corrected chi connectivity index (χ2v) is 6.34. The molecule has 2 N–H and O–H groups in total. The smallest absolute Gasteiger partial charge is 0.191 e. The van der Waals surface area contributed by atoms with Gasteiger partial charge in [-0.3, -0.25) is 9.89 Å². The van der Waals surface area contributed by atoms with Gasteiger partial charge in [-0.15, -0.1) is 24.0 Å². The first-order valence-electron chi connectivity index (χ1n) is 7.99. The SMILES string of the molecule is CCN1CCCCC1CNC(=NC)NCCCCSC.I. The number of nitrogens with zero attached hydrogens (tertiary/aromatic N) is 2. The minimum atomic E-state index is 0. The number of likely N-dealkylation sites (N-methyl/N-ethyl adjacent to an activating group) is 1. The first-order valence-corrected chi connectivity index (χ1v) is 9.38. The highest BCUT2D eigenvalue weighted by molar-refractivity contribution is 14.0. The Morgan fingerprint density at radius 3 is 2.76 bits per heavy atom. The Balaban J connectivity index is 0.00000400. The molecule has 0 saturated carbocycles. The maximum atomic E-state index is 4.31. The molecule has 0 radical (unpaired) electrons. The molecule has 0 aromatic carbocycles. The summed E-state index contributed by atoms with van der Waals surface area (Å²) in [5.74, 6) is 2.21. The lowest BCUT2D eigenvalue weighted by Crippen LogP contribution is -2.49. The largest absolute Gasteiger partial charge is 0.356 e. The van der Waals surface area contributed by atoms with Crippen molar-refractivity contribution in [3.8, 4) is 0 Å². The summed E-state index contributed by atoms with van der Waals surface area (Å²) in [5.41, 5.74) is 0. The van der Waals surface area contributed by atoms with Crippen molar-refractivity contribution in [2.75, 3.05) is 45.2 Å². The van der Waals surface area contributed by atoms with Gasteiger partial charge in [0.1, 0.15) is 0 Å². The van der Waals surface area contributed by atoms with Crippen molar-refractivity contribution >= 4 is 41.7 Å². The molecule has 6 heteroatoms. The van der Waals surface area contributed by atoms with Crippen LogP contribution in [0.2, 0.25) is 0 Å². The number of hydrogen-bond acceptors (Lipinski definition) is 3. The van der Waals surface area contributed by atoms with E-state index in [1.807, 2.05) is 18.8 Å². The average molecular weight is 428 g/mol. The molecule has 0 bridgehead atoms. The van der Waals surface area contributed by atoms with Gasteiger partial charge >= 0.3 is 0 Å². The van der Waals surface area contributed by atoms with Gasteiger partial charge in [-0.1, -0.05) is 13.3 Å². The lowest BCUT2D eigenvalue weighted by Gasteiger charge is -2.35. The van der Waals surface area contributed by atoms with Gasteiger partial charge in [-0.25, -0.2) is 0 Å². The van der Waals surface area contributed by atoms with Crippen LogP contribution in [0.5, 0.6) is 0 Å².